The highest BCUT2D eigenvalue weighted by molar-refractivity contribution is 9.10. The molecule has 132 valence electrons. The lowest BCUT2D eigenvalue weighted by molar-refractivity contribution is 0.571. The Balaban J connectivity index is 1.54. The number of thiazole rings is 1. The number of hydrogen-bond donors (Lipinski definition) is 0. The number of benzene rings is 1. The molecule has 5 nitrogen and oxygen atoms in total. The fourth-order valence-electron chi connectivity index (χ4n) is 2.70. The Bertz CT molecular complexity index is 1370. The number of fused-ring (bicyclic) bond motifs is 1. The van der Waals surface area contributed by atoms with Crippen LogP contribution in [0.4, 0.5) is 0 Å². The van der Waals surface area contributed by atoms with Gasteiger partial charge >= 0.3 is 0 Å². The Morgan fingerprint density at radius 1 is 1.15 bits per heavy atom. The molecule has 0 aliphatic carbocycles. The molecule has 0 atom stereocenters. The van der Waals surface area contributed by atoms with Gasteiger partial charge in [0.1, 0.15) is 16.1 Å². The number of nitrogens with zero attached hydrogens (tertiary/aromatic N) is 3. The van der Waals surface area contributed by atoms with Gasteiger partial charge in [0.25, 0.3) is 5.56 Å². The lowest BCUT2D eigenvalue weighted by Crippen LogP contribution is -2.23. The van der Waals surface area contributed by atoms with Gasteiger partial charge in [-0.3, -0.25) is 4.79 Å². The van der Waals surface area contributed by atoms with Gasteiger partial charge in [-0.15, -0.1) is 16.4 Å². The normalized spacial score (nSPS) is 12.3. The van der Waals surface area contributed by atoms with E-state index < -0.39 is 0 Å². The third-order valence-electron chi connectivity index (χ3n) is 3.93. The maximum atomic E-state index is 12.6. The van der Waals surface area contributed by atoms with Crippen LogP contribution in [0.15, 0.2) is 67.6 Å². The van der Waals surface area contributed by atoms with E-state index in [1.165, 1.54) is 15.9 Å². The number of thiophene rings is 1. The summed E-state index contributed by atoms with van der Waals surface area (Å²) in [6.07, 6.45) is 1.73. The first-order valence-electron chi connectivity index (χ1n) is 7.98. The molecule has 4 aromatic heterocycles. The number of furan rings is 1. The van der Waals surface area contributed by atoms with Crippen molar-refractivity contribution in [1.82, 2.24) is 14.6 Å². The molecule has 0 fully saturated rings. The van der Waals surface area contributed by atoms with Gasteiger partial charge < -0.3 is 4.42 Å². The molecule has 0 aliphatic heterocycles. The Kier molecular flexibility index (Phi) is 4.04. The zero-order chi connectivity index (χ0) is 18.4. The van der Waals surface area contributed by atoms with Crippen LogP contribution < -0.4 is 10.1 Å². The molecular weight excluding hydrogens is 446 g/mol. The summed E-state index contributed by atoms with van der Waals surface area (Å²) < 4.78 is 8.75. The summed E-state index contributed by atoms with van der Waals surface area (Å²) in [5.74, 6) is 1.94. The predicted octanol–water partition coefficient (Wildman–Crippen LogP) is 4.45. The molecule has 0 unspecified atom stereocenters. The highest BCUT2D eigenvalue weighted by Gasteiger charge is 2.13. The van der Waals surface area contributed by atoms with Crippen LogP contribution in [0.5, 0.6) is 0 Å². The molecule has 0 bridgehead atoms. The van der Waals surface area contributed by atoms with Crippen molar-refractivity contribution in [2.24, 2.45) is 0 Å². The highest BCUT2D eigenvalue weighted by Crippen LogP contribution is 2.25. The summed E-state index contributed by atoms with van der Waals surface area (Å²) in [7, 11) is 0. The van der Waals surface area contributed by atoms with Crippen LogP contribution in [0.1, 0.15) is 5.76 Å². The van der Waals surface area contributed by atoms with Gasteiger partial charge in [-0.25, -0.2) is 0 Å². The molecule has 5 rings (SSSR count). The maximum Gasteiger partial charge on any atom is 0.291 e. The average molecular weight is 456 g/mol. The van der Waals surface area contributed by atoms with Crippen molar-refractivity contribution >= 4 is 49.6 Å². The summed E-state index contributed by atoms with van der Waals surface area (Å²) in [6, 6.07) is 15.5. The minimum absolute atomic E-state index is 0.189. The molecule has 5 aromatic rings. The third kappa shape index (κ3) is 3.05. The Hall–Kier alpha value is -2.55. The van der Waals surface area contributed by atoms with Gasteiger partial charge in [0, 0.05) is 16.1 Å². The van der Waals surface area contributed by atoms with Crippen molar-refractivity contribution in [1.29, 1.82) is 0 Å². The highest BCUT2D eigenvalue weighted by atomic mass is 79.9. The van der Waals surface area contributed by atoms with E-state index in [4.69, 9.17) is 4.42 Å². The third-order valence-corrected chi connectivity index (χ3v) is 6.25. The molecule has 0 spiro atoms. The van der Waals surface area contributed by atoms with Crippen LogP contribution in [0, 0.1) is 0 Å². The SMILES string of the molecule is O=c1/c(=C/c2ccc(-c3cccc(Br)c3)o2)sc2nc(-c3cccs3)nn12. The minimum Gasteiger partial charge on any atom is -0.457 e. The van der Waals surface area contributed by atoms with Crippen molar-refractivity contribution in [3.8, 4) is 22.0 Å². The van der Waals surface area contributed by atoms with Crippen molar-refractivity contribution < 1.29 is 4.42 Å². The second-order valence-corrected chi connectivity index (χ2v) is 8.61. The second-order valence-electron chi connectivity index (χ2n) is 5.74. The van der Waals surface area contributed by atoms with Crippen molar-refractivity contribution in [2.45, 2.75) is 0 Å². The van der Waals surface area contributed by atoms with E-state index >= 15 is 0 Å². The molecule has 0 amide bonds. The number of halogens is 1. The Morgan fingerprint density at radius 3 is 2.85 bits per heavy atom. The van der Waals surface area contributed by atoms with E-state index in [1.807, 2.05) is 53.9 Å². The molecular formula is C19H10BrN3O2S2. The minimum atomic E-state index is -0.189. The van der Waals surface area contributed by atoms with E-state index in [0.717, 1.165) is 20.7 Å². The van der Waals surface area contributed by atoms with Crippen molar-refractivity contribution in [3.63, 3.8) is 0 Å². The molecule has 27 heavy (non-hydrogen) atoms. The summed E-state index contributed by atoms with van der Waals surface area (Å²) in [5, 5.41) is 6.30. The quantitative estimate of drug-likeness (QED) is 0.403. The molecule has 4 heterocycles. The largest absolute Gasteiger partial charge is 0.457 e. The standard InChI is InChI=1S/C19H10BrN3O2S2/c20-12-4-1-3-11(9-12)14-7-6-13(25-14)10-16-18(24)23-19(27-16)21-17(22-23)15-5-2-8-26-15/h1-10H/b16-10-. The predicted molar refractivity (Wildman–Crippen MR) is 111 cm³/mol. The van der Waals surface area contributed by atoms with Gasteiger partial charge in [-0.1, -0.05) is 45.5 Å². The average Bonchev–Trinajstić information content (AvgIpc) is 3.42. The number of aromatic nitrogens is 3. The molecule has 1 aromatic carbocycles. The van der Waals surface area contributed by atoms with Crippen molar-refractivity contribution in [3.05, 3.63) is 79.0 Å². The van der Waals surface area contributed by atoms with Gasteiger partial charge in [-0.2, -0.15) is 9.50 Å². The number of hydrogen-bond acceptors (Lipinski definition) is 6. The summed E-state index contributed by atoms with van der Waals surface area (Å²) in [5.41, 5.74) is 0.778. The Morgan fingerprint density at radius 2 is 2.07 bits per heavy atom. The molecule has 0 saturated carbocycles. The summed E-state index contributed by atoms with van der Waals surface area (Å²) in [4.78, 5) is 18.6. The van der Waals surface area contributed by atoms with Crippen LogP contribution in [0.2, 0.25) is 0 Å². The van der Waals surface area contributed by atoms with E-state index in [2.05, 4.69) is 26.0 Å². The monoisotopic (exact) mass is 455 g/mol. The van der Waals surface area contributed by atoms with Crippen molar-refractivity contribution in [2.75, 3.05) is 0 Å². The fraction of sp³-hybridized carbons (Fsp3) is 0. The van der Waals surface area contributed by atoms with Gasteiger partial charge in [0.05, 0.1) is 4.88 Å². The number of rotatable bonds is 3. The van der Waals surface area contributed by atoms with Gasteiger partial charge in [0.15, 0.2) is 5.82 Å². The van der Waals surface area contributed by atoms with Gasteiger partial charge in [-0.05, 0) is 35.7 Å². The van der Waals surface area contributed by atoms with E-state index in [1.54, 1.807) is 17.4 Å². The lowest BCUT2D eigenvalue weighted by Gasteiger charge is -1.96. The molecule has 0 aliphatic rings. The van der Waals surface area contributed by atoms with Crippen LogP contribution in [-0.2, 0) is 0 Å². The first kappa shape index (κ1) is 16.6. The summed E-state index contributed by atoms with van der Waals surface area (Å²) >= 11 is 6.31. The molecule has 0 saturated heterocycles. The zero-order valence-corrected chi connectivity index (χ0v) is 16.8. The Labute approximate surface area is 169 Å². The van der Waals surface area contributed by atoms with Crippen LogP contribution in [0.3, 0.4) is 0 Å². The smallest absolute Gasteiger partial charge is 0.291 e. The lowest BCUT2D eigenvalue weighted by atomic mass is 10.2. The van der Waals surface area contributed by atoms with E-state index in [0.29, 0.717) is 21.1 Å². The second kappa shape index (κ2) is 6.56. The van der Waals surface area contributed by atoms with E-state index in [-0.39, 0.29) is 5.56 Å². The van der Waals surface area contributed by atoms with E-state index in [9.17, 15) is 4.79 Å². The molecule has 0 radical (unpaired) electrons. The van der Waals surface area contributed by atoms with Crippen LogP contribution >= 0.6 is 38.6 Å². The molecule has 8 heteroatoms. The topological polar surface area (TPSA) is 60.4 Å². The first-order chi connectivity index (χ1) is 13.2. The fourth-order valence-corrected chi connectivity index (χ4v) is 4.64. The maximum absolute atomic E-state index is 12.6. The summed E-state index contributed by atoms with van der Waals surface area (Å²) in [6.45, 7) is 0. The molecule has 0 N–H and O–H groups in total. The van der Waals surface area contributed by atoms with Gasteiger partial charge in [0.2, 0.25) is 4.96 Å². The van der Waals surface area contributed by atoms with Crippen LogP contribution in [0.25, 0.3) is 33.1 Å². The van der Waals surface area contributed by atoms with Crippen LogP contribution in [-0.4, -0.2) is 14.6 Å². The first-order valence-corrected chi connectivity index (χ1v) is 10.5. The zero-order valence-electron chi connectivity index (χ0n) is 13.6.